The van der Waals surface area contributed by atoms with Gasteiger partial charge in [-0.05, 0) is 40.5 Å². The standard InChI is InChI=1S/C12H21BO3/c1-11(2)12(3,4)16-13(15-11)9-7-5-6-8-10(9)14/h5,7,9-10,14H,6,8H2,1-4H3. The molecule has 0 aromatic carbocycles. The number of hydrogen-bond acceptors (Lipinski definition) is 3. The molecule has 0 saturated carbocycles. The first-order valence-electron chi connectivity index (χ1n) is 6.04. The van der Waals surface area contributed by atoms with E-state index < -0.39 is 0 Å². The van der Waals surface area contributed by atoms with Crippen molar-refractivity contribution in [2.45, 2.75) is 63.7 Å². The summed E-state index contributed by atoms with van der Waals surface area (Å²) >= 11 is 0. The van der Waals surface area contributed by atoms with Gasteiger partial charge in [-0.25, -0.2) is 0 Å². The van der Waals surface area contributed by atoms with Crippen LogP contribution in [0.1, 0.15) is 40.5 Å². The Bertz CT molecular complexity index is 283. The number of allylic oxidation sites excluding steroid dienone is 1. The smallest absolute Gasteiger partial charge is 0.403 e. The monoisotopic (exact) mass is 224 g/mol. The average Bonchev–Trinajstić information content (AvgIpc) is 2.36. The maximum absolute atomic E-state index is 9.96. The van der Waals surface area contributed by atoms with Crippen molar-refractivity contribution in [3.63, 3.8) is 0 Å². The molecule has 1 fully saturated rings. The SMILES string of the molecule is CC1(C)OB(C2C=CCCC2O)OC1(C)C. The molecule has 2 unspecified atom stereocenters. The maximum Gasteiger partial charge on any atom is 0.467 e. The van der Waals surface area contributed by atoms with Gasteiger partial charge in [0.1, 0.15) is 0 Å². The van der Waals surface area contributed by atoms with Gasteiger partial charge in [-0.15, -0.1) is 0 Å². The second-order valence-corrected chi connectivity index (χ2v) is 5.77. The summed E-state index contributed by atoms with van der Waals surface area (Å²) in [5, 5.41) is 9.96. The largest absolute Gasteiger partial charge is 0.467 e. The summed E-state index contributed by atoms with van der Waals surface area (Å²) in [7, 11) is -0.323. The molecule has 0 bridgehead atoms. The summed E-state index contributed by atoms with van der Waals surface area (Å²) < 4.78 is 11.9. The van der Waals surface area contributed by atoms with Crippen LogP contribution in [0.2, 0.25) is 5.82 Å². The van der Waals surface area contributed by atoms with Gasteiger partial charge in [0, 0.05) is 5.82 Å². The Morgan fingerprint density at radius 3 is 2.25 bits per heavy atom. The molecule has 4 heteroatoms. The van der Waals surface area contributed by atoms with Crippen molar-refractivity contribution in [1.82, 2.24) is 0 Å². The van der Waals surface area contributed by atoms with Gasteiger partial charge in [-0.3, -0.25) is 0 Å². The number of aliphatic hydroxyl groups excluding tert-OH is 1. The lowest BCUT2D eigenvalue weighted by molar-refractivity contribution is 0.00578. The Hall–Kier alpha value is -0.315. The van der Waals surface area contributed by atoms with E-state index in [-0.39, 0.29) is 30.2 Å². The summed E-state index contributed by atoms with van der Waals surface area (Å²) in [5.41, 5.74) is -0.634. The first-order valence-corrected chi connectivity index (χ1v) is 6.04. The fraction of sp³-hybridized carbons (Fsp3) is 0.833. The van der Waals surface area contributed by atoms with E-state index in [9.17, 15) is 5.11 Å². The first-order chi connectivity index (χ1) is 7.33. The van der Waals surface area contributed by atoms with Crippen LogP contribution in [-0.4, -0.2) is 29.5 Å². The Labute approximate surface area is 98.0 Å². The van der Waals surface area contributed by atoms with Crippen molar-refractivity contribution in [3.8, 4) is 0 Å². The molecule has 1 aliphatic heterocycles. The topological polar surface area (TPSA) is 38.7 Å². The minimum atomic E-state index is -0.348. The fourth-order valence-corrected chi connectivity index (χ4v) is 2.16. The van der Waals surface area contributed by atoms with E-state index >= 15 is 0 Å². The van der Waals surface area contributed by atoms with E-state index in [0.29, 0.717) is 0 Å². The van der Waals surface area contributed by atoms with E-state index in [0.717, 1.165) is 12.8 Å². The molecule has 16 heavy (non-hydrogen) atoms. The third-order valence-corrected chi connectivity index (χ3v) is 4.02. The molecule has 0 aromatic heterocycles. The van der Waals surface area contributed by atoms with Crippen molar-refractivity contribution in [1.29, 1.82) is 0 Å². The van der Waals surface area contributed by atoms with E-state index in [1.165, 1.54) is 0 Å². The molecular weight excluding hydrogens is 203 g/mol. The highest BCUT2D eigenvalue weighted by molar-refractivity contribution is 6.48. The van der Waals surface area contributed by atoms with Crippen LogP contribution < -0.4 is 0 Å². The Balaban J connectivity index is 2.13. The minimum absolute atomic E-state index is 0.0326. The van der Waals surface area contributed by atoms with Crippen LogP contribution in [0, 0.1) is 0 Å². The van der Waals surface area contributed by atoms with Crippen LogP contribution in [-0.2, 0) is 9.31 Å². The Kier molecular flexibility index (Phi) is 2.93. The quantitative estimate of drug-likeness (QED) is 0.547. The van der Waals surface area contributed by atoms with Gasteiger partial charge in [0.15, 0.2) is 0 Å². The summed E-state index contributed by atoms with van der Waals surface area (Å²) in [4.78, 5) is 0. The molecule has 0 aromatic rings. The van der Waals surface area contributed by atoms with Crippen LogP contribution in [0.4, 0.5) is 0 Å². The Morgan fingerprint density at radius 2 is 1.75 bits per heavy atom. The molecule has 1 aliphatic carbocycles. The third kappa shape index (κ3) is 1.94. The van der Waals surface area contributed by atoms with Gasteiger partial charge in [0.05, 0.1) is 17.3 Å². The molecule has 2 rings (SSSR count). The van der Waals surface area contributed by atoms with Crippen LogP contribution in [0.15, 0.2) is 12.2 Å². The van der Waals surface area contributed by atoms with Crippen molar-refractivity contribution in [3.05, 3.63) is 12.2 Å². The lowest BCUT2D eigenvalue weighted by Gasteiger charge is -2.32. The molecule has 0 amide bonds. The molecule has 90 valence electrons. The van der Waals surface area contributed by atoms with Crippen molar-refractivity contribution >= 4 is 7.12 Å². The lowest BCUT2D eigenvalue weighted by atomic mass is 9.66. The lowest BCUT2D eigenvalue weighted by Crippen LogP contribution is -2.41. The summed E-state index contributed by atoms with van der Waals surface area (Å²) in [5.74, 6) is -0.0326. The molecule has 1 N–H and O–H groups in total. The zero-order chi connectivity index (χ0) is 12.0. The Morgan fingerprint density at radius 1 is 1.19 bits per heavy atom. The van der Waals surface area contributed by atoms with Gasteiger partial charge < -0.3 is 14.4 Å². The van der Waals surface area contributed by atoms with E-state index in [4.69, 9.17) is 9.31 Å². The highest BCUT2D eigenvalue weighted by Crippen LogP contribution is 2.42. The first kappa shape index (κ1) is 12.2. The molecule has 0 spiro atoms. The molecular formula is C12H21BO3. The molecule has 3 nitrogen and oxygen atoms in total. The summed E-state index contributed by atoms with van der Waals surface area (Å²) in [6, 6.07) is 0. The normalized spacial score (nSPS) is 36.7. The van der Waals surface area contributed by atoms with E-state index in [2.05, 4.69) is 6.08 Å². The highest BCUT2D eigenvalue weighted by atomic mass is 16.7. The van der Waals surface area contributed by atoms with Crippen LogP contribution in [0.5, 0.6) is 0 Å². The molecule has 2 atom stereocenters. The third-order valence-electron chi connectivity index (χ3n) is 4.02. The maximum atomic E-state index is 9.96. The average molecular weight is 224 g/mol. The minimum Gasteiger partial charge on any atom is -0.403 e. The van der Waals surface area contributed by atoms with Crippen LogP contribution >= 0.6 is 0 Å². The van der Waals surface area contributed by atoms with Gasteiger partial charge in [-0.2, -0.15) is 0 Å². The van der Waals surface area contributed by atoms with Crippen LogP contribution in [0.25, 0.3) is 0 Å². The predicted octanol–water partition coefficient (Wildman–Crippen LogP) is 2.16. The highest BCUT2D eigenvalue weighted by Gasteiger charge is 2.54. The van der Waals surface area contributed by atoms with Gasteiger partial charge in [-0.1, -0.05) is 12.2 Å². The fourth-order valence-electron chi connectivity index (χ4n) is 2.16. The number of rotatable bonds is 1. The van der Waals surface area contributed by atoms with Crippen molar-refractivity contribution < 1.29 is 14.4 Å². The van der Waals surface area contributed by atoms with E-state index in [1.807, 2.05) is 33.8 Å². The van der Waals surface area contributed by atoms with Gasteiger partial charge >= 0.3 is 7.12 Å². The van der Waals surface area contributed by atoms with Gasteiger partial charge in [0.2, 0.25) is 0 Å². The summed E-state index contributed by atoms with van der Waals surface area (Å²) in [6.45, 7) is 8.13. The zero-order valence-corrected chi connectivity index (χ0v) is 10.6. The van der Waals surface area contributed by atoms with Crippen molar-refractivity contribution in [2.24, 2.45) is 0 Å². The molecule has 1 saturated heterocycles. The predicted molar refractivity (Wildman–Crippen MR) is 64.2 cm³/mol. The molecule has 1 heterocycles. The zero-order valence-electron chi connectivity index (χ0n) is 10.6. The number of hydrogen-bond donors (Lipinski definition) is 1. The summed E-state index contributed by atoms with van der Waals surface area (Å²) in [6.07, 6.45) is 5.51. The second-order valence-electron chi connectivity index (χ2n) is 5.77. The molecule has 2 aliphatic rings. The second kappa shape index (κ2) is 3.86. The van der Waals surface area contributed by atoms with E-state index in [1.54, 1.807) is 0 Å². The van der Waals surface area contributed by atoms with Crippen LogP contribution in [0.3, 0.4) is 0 Å². The van der Waals surface area contributed by atoms with Gasteiger partial charge in [0.25, 0.3) is 0 Å². The van der Waals surface area contributed by atoms with Crippen molar-refractivity contribution in [2.75, 3.05) is 0 Å². The molecule has 0 radical (unpaired) electrons. The number of aliphatic hydroxyl groups is 1.